The summed E-state index contributed by atoms with van der Waals surface area (Å²) >= 11 is 0. The Kier molecular flexibility index (Phi) is 5.45. The highest BCUT2D eigenvalue weighted by atomic mass is 32.2. The van der Waals surface area contributed by atoms with E-state index in [2.05, 4.69) is 15.4 Å². The molecule has 2 amide bonds. The van der Waals surface area contributed by atoms with Crippen LogP contribution in [0.25, 0.3) is 0 Å². The molecule has 24 heavy (non-hydrogen) atoms. The molecule has 0 radical (unpaired) electrons. The smallest absolute Gasteiger partial charge is 0.320 e. The molecule has 0 heterocycles. The minimum atomic E-state index is -3.73. The van der Waals surface area contributed by atoms with Crippen molar-refractivity contribution in [2.45, 2.75) is 4.90 Å². The minimum absolute atomic E-state index is 0.0749. The van der Waals surface area contributed by atoms with Crippen LogP contribution in [0, 0.1) is 10.1 Å². The number of nitro groups is 1. The van der Waals surface area contributed by atoms with Gasteiger partial charge in [-0.15, -0.1) is 0 Å². The number of sulfonamides is 1. The summed E-state index contributed by atoms with van der Waals surface area (Å²) in [6, 6.07) is 12.4. The summed E-state index contributed by atoms with van der Waals surface area (Å²) in [7, 11) is -3.73. The molecular formula is C14H14N4O5S. The second-order valence-electron chi connectivity index (χ2n) is 4.58. The van der Waals surface area contributed by atoms with Gasteiger partial charge in [0, 0.05) is 17.8 Å². The van der Waals surface area contributed by atoms with Crippen molar-refractivity contribution in [2.75, 3.05) is 12.0 Å². The molecule has 0 saturated carbocycles. The summed E-state index contributed by atoms with van der Waals surface area (Å²) in [4.78, 5) is 21.8. The molecular weight excluding hydrogens is 336 g/mol. The van der Waals surface area contributed by atoms with Gasteiger partial charge in [0.1, 0.15) is 0 Å². The average Bonchev–Trinajstić information content (AvgIpc) is 2.55. The third kappa shape index (κ3) is 4.76. The van der Waals surface area contributed by atoms with Crippen LogP contribution in [0.2, 0.25) is 0 Å². The van der Waals surface area contributed by atoms with Crippen LogP contribution in [-0.4, -0.2) is 26.0 Å². The third-order valence-corrected chi connectivity index (χ3v) is 4.30. The Labute approximate surface area is 137 Å². The van der Waals surface area contributed by atoms with Gasteiger partial charge in [-0.25, -0.2) is 13.2 Å². The van der Waals surface area contributed by atoms with Crippen LogP contribution in [0.3, 0.4) is 0 Å². The van der Waals surface area contributed by atoms with E-state index < -0.39 is 21.0 Å². The summed E-state index contributed by atoms with van der Waals surface area (Å²) in [5, 5.41) is 15.3. The number of urea groups is 1. The molecule has 9 nitrogen and oxygen atoms in total. The van der Waals surface area contributed by atoms with Crippen LogP contribution in [0.1, 0.15) is 0 Å². The highest BCUT2D eigenvalue weighted by Crippen LogP contribution is 2.16. The number of benzene rings is 2. The molecule has 0 aliphatic carbocycles. The van der Waals surface area contributed by atoms with Gasteiger partial charge in [0.15, 0.2) is 0 Å². The number of hydrogen-bond acceptors (Lipinski definition) is 5. The van der Waals surface area contributed by atoms with Gasteiger partial charge >= 0.3 is 6.03 Å². The van der Waals surface area contributed by atoms with Crippen molar-refractivity contribution >= 4 is 27.4 Å². The molecule has 3 N–H and O–H groups in total. The number of nitrogens with zero attached hydrogens (tertiary/aromatic N) is 1. The number of hydrogen-bond donors (Lipinski definition) is 3. The zero-order chi connectivity index (χ0) is 17.6. The molecule has 126 valence electrons. The Morgan fingerprint density at radius 2 is 1.79 bits per heavy atom. The van der Waals surface area contributed by atoms with E-state index in [0.717, 1.165) is 0 Å². The molecule has 0 aliphatic rings. The first-order chi connectivity index (χ1) is 11.4. The predicted molar refractivity (Wildman–Crippen MR) is 86.9 cm³/mol. The van der Waals surface area contributed by atoms with Gasteiger partial charge in [-0.05, 0) is 18.2 Å². The Balaban J connectivity index is 1.88. The summed E-state index contributed by atoms with van der Waals surface area (Å²) < 4.78 is 26.1. The van der Waals surface area contributed by atoms with Gasteiger partial charge in [0.2, 0.25) is 10.0 Å². The van der Waals surface area contributed by atoms with E-state index in [9.17, 15) is 23.3 Å². The highest BCUT2D eigenvalue weighted by molar-refractivity contribution is 7.89. The van der Waals surface area contributed by atoms with Crippen LogP contribution < -0.4 is 15.4 Å². The molecule has 2 rings (SSSR count). The second-order valence-corrected chi connectivity index (χ2v) is 6.34. The van der Waals surface area contributed by atoms with Crippen molar-refractivity contribution in [2.24, 2.45) is 0 Å². The zero-order valence-electron chi connectivity index (χ0n) is 12.3. The number of carbonyl (C=O) groups excluding carboxylic acids is 1. The van der Waals surface area contributed by atoms with Gasteiger partial charge in [-0.2, -0.15) is 4.72 Å². The number of nitrogens with one attached hydrogen (secondary N) is 3. The Bertz CT molecular complexity index is 839. The first-order valence-corrected chi connectivity index (χ1v) is 8.21. The number of nitro benzene ring substituents is 1. The lowest BCUT2D eigenvalue weighted by molar-refractivity contribution is -0.384. The zero-order valence-corrected chi connectivity index (χ0v) is 13.1. The minimum Gasteiger partial charge on any atom is -0.324 e. The molecule has 0 saturated heterocycles. The highest BCUT2D eigenvalue weighted by Gasteiger charge is 2.13. The monoisotopic (exact) mass is 350 g/mol. The van der Waals surface area contributed by atoms with Gasteiger partial charge in [-0.1, -0.05) is 24.3 Å². The molecule has 10 heteroatoms. The lowest BCUT2D eigenvalue weighted by Crippen LogP contribution is -2.39. The van der Waals surface area contributed by atoms with Crippen LogP contribution in [0.15, 0.2) is 59.5 Å². The van der Waals surface area contributed by atoms with Crippen molar-refractivity contribution in [3.05, 3.63) is 64.7 Å². The van der Waals surface area contributed by atoms with Crippen molar-refractivity contribution in [3.8, 4) is 0 Å². The van der Waals surface area contributed by atoms with E-state index in [1.807, 2.05) is 0 Å². The molecule has 0 unspecified atom stereocenters. The maximum atomic E-state index is 11.9. The third-order valence-electron chi connectivity index (χ3n) is 2.88. The summed E-state index contributed by atoms with van der Waals surface area (Å²) in [5.41, 5.74) is 0.0465. The van der Waals surface area contributed by atoms with E-state index in [0.29, 0.717) is 0 Å². The van der Waals surface area contributed by atoms with Crippen LogP contribution in [0.5, 0.6) is 0 Å². The van der Waals surface area contributed by atoms with E-state index in [4.69, 9.17) is 0 Å². The topological polar surface area (TPSA) is 130 Å². The summed E-state index contributed by atoms with van der Waals surface area (Å²) in [6.07, 6.45) is 0. The first kappa shape index (κ1) is 17.4. The van der Waals surface area contributed by atoms with Gasteiger partial charge < -0.3 is 10.6 Å². The predicted octanol–water partition coefficient (Wildman–Crippen LogP) is 1.65. The largest absolute Gasteiger partial charge is 0.324 e. The Hall–Kier alpha value is -2.98. The fraction of sp³-hybridized carbons (Fsp3) is 0.0714. The van der Waals surface area contributed by atoms with Crippen molar-refractivity contribution in [1.29, 1.82) is 0 Å². The summed E-state index contributed by atoms with van der Waals surface area (Å²) in [5.74, 6) is 0. The number of non-ortho nitro benzene ring substituents is 1. The van der Waals surface area contributed by atoms with Gasteiger partial charge in [0.25, 0.3) is 5.69 Å². The molecule has 0 aliphatic heterocycles. The fourth-order valence-corrected chi connectivity index (χ4v) is 2.71. The average molecular weight is 350 g/mol. The van der Waals surface area contributed by atoms with Crippen LogP contribution in [-0.2, 0) is 10.0 Å². The van der Waals surface area contributed by atoms with Crippen molar-refractivity contribution in [3.63, 3.8) is 0 Å². The Morgan fingerprint density at radius 3 is 2.46 bits per heavy atom. The normalized spacial score (nSPS) is 10.8. The number of rotatable bonds is 6. The van der Waals surface area contributed by atoms with Crippen molar-refractivity contribution < 1.29 is 18.1 Å². The molecule has 2 aromatic carbocycles. The quantitative estimate of drug-likeness (QED) is 0.414. The van der Waals surface area contributed by atoms with Gasteiger partial charge in [-0.3, -0.25) is 10.1 Å². The van der Waals surface area contributed by atoms with E-state index in [1.54, 1.807) is 18.2 Å². The molecule has 0 fully saturated rings. The molecule has 2 aromatic rings. The maximum Gasteiger partial charge on any atom is 0.320 e. The molecule has 0 atom stereocenters. The van der Waals surface area contributed by atoms with E-state index >= 15 is 0 Å². The number of amides is 2. The van der Waals surface area contributed by atoms with Gasteiger partial charge in [0.05, 0.1) is 16.5 Å². The molecule has 0 aromatic heterocycles. The van der Waals surface area contributed by atoms with Crippen molar-refractivity contribution in [1.82, 2.24) is 10.0 Å². The standard InChI is InChI=1S/C14H14N4O5S/c19-14(17-11-5-4-6-12(9-11)18(20)21)15-10-16-24(22,23)13-7-2-1-3-8-13/h1-9,16H,10H2,(H2,15,17,19). The van der Waals surface area contributed by atoms with Crippen LogP contribution >= 0.6 is 0 Å². The SMILES string of the molecule is O=C(NCNS(=O)(=O)c1ccccc1)Nc1cccc([N+](=O)[O-])c1. The second kappa shape index (κ2) is 7.53. The van der Waals surface area contributed by atoms with E-state index in [1.165, 1.54) is 36.4 Å². The van der Waals surface area contributed by atoms with E-state index in [-0.39, 0.29) is 22.9 Å². The Morgan fingerprint density at radius 1 is 1.08 bits per heavy atom. The first-order valence-electron chi connectivity index (χ1n) is 6.72. The number of carbonyl (C=O) groups is 1. The summed E-state index contributed by atoms with van der Waals surface area (Å²) in [6.45, 7) is -0.335. The van der Waals surface area contributed by atoms with Crippen LogP contribution in [0.4, 0.5) is 16.2 Å². The fourth-order valence-electron chi connectivity index (χ4n) is 1.77. The molecule has 0 spiro atoms. The maximum absolute atomic E-state index is 11.9. The molecule has 0 bridgehead atoms. The lowest BCUT2D eigenvalue weighted by atomic mass is 10.3. The lowest BCUT2D eigenvalue weighted by Gasteiger charge is -2.09. The number of anilines is 1.